The molecule has 0 saturated heterocycles. The first kappa shape index (κ1) is 10.5. The third-order valence-electron chi connectivity index (χ3n) is 2.30. The fraction of sp³-hybridized carbons (Fsp3) is 0.455. The summed E-state index contributed by atoms with van der Waals surface area (Å²) in [6, 6.07) is 0.138. The molecule has 0 saturated carbocycles. The van der Waals surface area contributed by atoms with E-state index in [-0.39, 0.29) is 6.04 Å². The van der Waals surface area contributed by atoms with Crippen LogP contribution in [0.15, 0.2) is 22.9 Å². The molecule has 0 aliphatic rings. The molecule has 2 N–H and O–H groups in total. The van der Waals surface area contributed by atoms with E-state index < -0.39 is 0 Å². The fourth-order valence-corrected chi connectivity index (χ4v) is 2.23. The maximum atomic E-state index is 6.06. The molecule has 2 heteroatoms. The van der Waals surface area contributed by atoms with Crippen LogP contribution in [-0.2, 0) is 0 Å². The highest BCUT2D eigenvalue weighted by Gasteiger charge is 2.09. The van der Waals surface area contributed by atoms with Gasteiger partial charge in [-0.15, -0.1) is 0 Å². The Balaban J connectivity index is 2.63. The number of rotatable bonds is 4. The lowest BCUT2D eigenvalue weighted by Crippen LogP contribution is -2.10. The van der Waals surface area contributed by atoms with E-state index in [0.717, 1.165) is 12.8 Å². The third kappa shape index (κ3) is 2.68. The Labute approximate surface area is 84.3 Å². The smallest absolute Gasteiger partial charge is 0.0343 e. The van der Waals surface area contributed by atoms with Crippen LogP contribution in [0.4, 0.5) is 0 Å². The molecule has 1 aromatic heterocycles. The monoisotopic (exact) mass is 195 g/mol. The van der Waals surface area contributed by atoms with Crippen molar-refractivity contribution in [3.63, 3.8) is 0 Å². The SMILES string of the molecule is C=C(CC)CC(N)c1cscc1C. The van der Waals surface area contributed by atoms with E-state index in [4.69, 9.17) is 5.73 Å². The minimum atomic E-state index is 0.138. The van der Waals surface area contributed by atoms with Crippen molar-refractivity contribution in [2.24, 2.45) is 5.73 Å². The first-order valence-electron chi connectivity index (χ1n) is 4.60. The number of aryl methyl sites for hydroxylation is 1. The lowest BCUT2D eigenvalue weighted by Gasteiger charge is -2.12. The molecular weight excluding hydrogens is 178 g/mol. The normalized spacial score (nSPS) is 12.8. The molecule has 1 rings (SSSR count). The average molecular weight is 195 g/mol. The van der Waals surface area contributed by atoms with Gasteiger partial charge in [0.2, 0.25) is 0 Å². The average Bonchev–Trinajstić information content (AvgIpc) is 2.51. The standard InChI is InChI=1S/C11H17NS/c1-4-8(2)5-11(12)10-7-13-6-9(10)3/h6-7,11H,2,4-5,12H2,1,3H3. The van der Waals surface area contributed by atoms with Crippen molar-refractivity contribution in [1.29, 1.82) is 0 Å². The number of hydrogen-bond donors (Lipinski definition) is 1. The lowest BCUT2D eigenvalue weighted by atomic mass is 9.99. The van der Waals surface area contributed by atoms with Gasteiger partial charge in [0, 0.05) is 6.04 Å². The molecule has 1 nitrogen and oxygen atoms in total. The van der Waals surface area contributed by atoms with Gasteiger partial charge in [-0.1, -0.05) is 19.1 Å². The zero-order chi connectivity index (χ0) is 9.84. The Morgan fingerprint density at radius 2 is 2.31 bits per heavy atom. The van der Waals surface area contributed by atoms with Crippen LogP contribution >= 0.6 is 11.3 Å². The van der Waals surface area contributed by atoms with E-state index in [1.807, 2.05) is 0 Å². The van der Waals surface area contributed by atoms with Crippen LogP contribution in [0.3, 0.4) is 0 Å². The van der Waals surface area contributed by atoms with Crippen LogP contribution in [-0.4, -0.2) is 0 Å². The van der Waals surface area contributed by atoms with Crippen LogP contribution in [0.25, 0.3) is 0 Å². The number of hydrogen-bond acceptors (Lipinski definition) is 2. The number of thiophene rings is 1. The van der Waals surface area contributed by atoms with Crippen molar-refractivity contribution in [2.45, 2.75) is 32.7 Å². The summed E-state index contributed by atoms with van der Waals surface area (Å²) in [5.41, 5.74) is 9.88. The van der Waals surface area contributed by atoms with Crippen LogP contribution < -0.4 is 5.73 Å². The Kier molecular flexibility index (Phi) is 3.70. The molecule has 0 aliphatic carbocycles. The van der Waals surface area contributed by atoms with Gasteiger partial charge in [0.25, 0.3) is 0 Å². The topological polar surface area (TPSA) is 26.0 Å². The summed E-state index contributed by atoms with van der Waals surface area (Å²) in [6.07, 6.45) is 1.94. The largest absolute Gasteiger partial charge is 0.324 e. The fourth-order valence-electron chi connectivity index (χ4n) is 1.32. The van der Waals surface area contributed by atoms with Crippen LogP contribution in [0.1, 0.15) is 36.9 Å². The molecule has 0 radical (unpaired) electrons. The molecule has 1 unspecified atom stereocenters. The van der Waals surface area contributed by atoms with Crippen LogP contribution in [0.5, 0.6) is 0 Å². The molecule has 0 amide bonds. The van der Waals surface area contributed by atoms with Gasteiger partial charge >= 0.3 is 0 Å². The molecule has 72 valence electrons. The van der Waals surface area contributed by atoms with Crippen molar-refractivity contribution in [2.75, 3.05) is 0 Å². The van der Waals surface area contributed by atoms with Gasteiger partial charge in [-0.25, -0.2) is 0 Å². The lowest BCUT2D eigenvalue weighted by molar-refractivity contribution is 0.700. The quantitative estimate of drug-likeness (QED) is 0.732. The van der Waals surface area contributed by atoms with E-state index >= 15 is 0 Å². The Bertz CT molecular complexity index is 288. The molecule has 1 aromatic rings. The first-order valence-corrected chi connectivity index (χ1v) is 5.54. The zero-order valence-electron chi connectivity index (χ0n) is 8.34. The molecule has 1 heterocycles. The molecule has 13 heavy (non-hydrogen) atoms. The van der Waals surface area contributed by atoms with Gasteiger partial charge in [-0.3, -0.25) is 0 Å². The summed E-state index contributed by atoms with van der Waals surface area (Å²) in [4.78, 5) is 0. The summed E-state index contributed by atoms with van der Waals surface area (Å²) in [7, 11) is 0. The van der Waals surface area contributed by atoms with Gasteiger partial charge in [0.15, 0.2) is 0 Å². The summed E-state index contributed by atoms with van der Waals surface area (Å²) in [6.45, 7) is 8.21. The highest BCUT2D eigenvalue weighted by atomic mass is 32.1. The van der Waals surface area contributed by atoms with Gasteiger partial charge in [-0.2, -0.15) is 11.3 Å². The summed E-state index contributed by atoms with van der Waals surface area (Å²) in [5, 5.41) is 4.28. The Morgan fingerprint density at radius 1 is 1.62 bits per heavy atom. The summed E-state index contributed by atoms with van der Waals surface area (Å²) < 4.78 is 0. The van der Waals surface area contributed by atoms with E-state index in [1.165, 1.54) is 16.7 Å². The van der Waals surface area contributed by atoms with Gasteiger partial charge in [-0.05, 0) is 41.7 Å². The maximum absolute atomic E-state index is 6.06. The van der Waals surface area contributed by atoms with Gasteiger partial charge in [0.1, 0.15) is 0 Å². The molecule has 0 spiro atoms. The predicted octanol–water partition coefficient (Wildman–Crippen LogP) is 3.41. The minimum absolute atomic E-state index is 0.138. The highest BCUT2D eigenvalue weighted by Crippen LogP contribution is 2.25. The molecular formula is C11H17NS. The molecule has 1 atom stereocenters. The third-order valence-corrected chi connectivity index (χ3v) is 3.18. The highest BCUT2D eigenvalue weighted by molar-refractivity contribution is 7.08. The Morgan fingerprint density at radius 3 is 2.77 bits per heavy atom. The van der Waals surface area contributed by atoms with Crippen molar-refractivity contribution in [3.05, 3.63) is 34.0 Å². The van der Waals surface area contributed by atoms with Crippen LogP contribution in [0, 0.1) is 6.92 Å². The van der Waals surface area contributed by atoms with Crippen molar-refractivity contribution in [1.82, 2.24) is 0 Å². The second-order valence-corrected chi connectivity index (χ2v) is 4.17. The van der Waals surface area contributed by atoms with Gasteiger partial charge < -0.3 is 5.73 Å². The molecule has 0 aliphatic heterocycles. The van der Waals surface area contributed by atoms with E-state index in [0.29, 0.717) is 0 Å². The van der Waals surface area contributed by atoms with Crippen molar-refractivity contribution < 1.29 is 0 Å². The van der Waals surface area contributed by atoms with Crippen LogP contribution in [0.2, 0.25) is 0 Å². The van der Waals surface area contributed by atoms with E-state index in [2.05, 4.69) is 31.2 Å². The summed E-state index contributed by atoms with van der Waals surface area (Å²) in [5.74, 6) is 0. The maximum Gasteiger partial charge on any atom is 0.0343 e. The minimum Gasteiger partial charge on any atom is -0.324 e. The van der Waals surface area contributed by atoms with Crippen molar-refractivity contribution >= 4 is 11.3 Å². The second-order valence-electron chi connectivity index (χ2n) is 3.42. The van der Waals surface area contributed by atoms with Crippen molar-refractivity contribution in [3.8, 4) is 0 Å². The van der Waals surface area contributed by atoms with E-state index in [9.17, 15) is 0 Å². The zero-order valence-corrected chi connectivity index (χ0v) is 9.16. The molecule has 0 aromatic carbocycles. The van der Waals surface area contributed by atoms with E-state index in [1.54, 1.807) is 11.3 Å². The first-order chi connectivity index (χ1) is 6.15. The molecule has 0 bridgehead atoms. The second kappa shape index (κ2) is 4.58. The predicted molar refractivity (Wildman–Crippen MR) is 60.0 cm³/mol. The Hall–Kier alpha value is -0.600. The summed E-state index contributed by atoms with van der Waals surface area (Å²) >= 11 is 1.72. The van der Waals surface area contributed by atoms with Gasteiger partial charge in [0.05, 0.1) is 0 Å². The molecule has 0 fully saturated rings. The number of nitrogens with two attached hydrogens (primary N) is 1.